The molecule has 0 rings (SSSR count). The first-order chi connectivity index (χ1) is 5.46. The maximum Gasteiger partial charge on any atom is 0.157 e. The van der Waals surface area contributed by atoms with E-state index in [4.69, 9.17) is 12.2 Å². The van der Waals surface area contributed by atoms with Gasteiger partial charge in [-0.15, -0.1) is 0 Å². The van der Waals surface area contributed by atoms with Crippen LogP contribution in [0.3, 0.4) is 0 Å². The molecule has 0 bridgehead atoms. The molecule has 0 unspecified atom stereocenters. The molecule has 0 aliphatic carbocycles. The summed E-state index contributed by atoms with van der Waals surface area (Å²) in [5.74, 6) is 0.244. The topological polar surface area (TPSA) is 20.3 Å². The zero-order chi connectivity index (χ0) is 9.78. The van der Waals surface area contributed by atoms with E-state index in [1.54, 1.807) is 4.90 Å². The van der Waals surface area contributed by atoms with Crippen molar-refractivity contribution in [1.82, 2.24) is 4.90 Å². The van der Waals surface area contributed by atoms with Gasteiger partial charge in [-0.25, -0.2) is 0 Å². The Morgan fingerprint density at radius 3 is 2.42 bits per heavy atom. The molecule has 0 radical (unpaired) electrons. The number of carbonyl (C=O) groups is 1. The number of hydrogen-bond acceptors (Lipinski definition) is 2. The zero-order valence-corrected chi connectivity index (χ0v) is 9.07. The average Bonchev–Trinajstić information content (AvgIpc) is 2.03. The van der Waals surface area contributed by atoms with Crippen LogP contribution in [0.1, 0.15) is 33.6 Å². The van der Waals surface area contributed by atoms with Crippen molar-refractivity contribution in [2.24, 2.45) is 0 Å². The number of rotatable bonds is 5. The number of likely N-dealkylation sites (N-methyl/N-ethyl adjacent to an activating group) is 1. The van der Waals surface area contributed by atoms with Crippen LogP contribution in [0.2, 0.25) is 0 Å². The van der Waals surface area contributed by atoms with E-state index in [1.165, 1.54) is 5.49 Å². The van der Waals surface area contributed by atoms with Crippen LogP contribution in [-0.4, -0.2) is 28.8 Å². The summed E-state index contributed by atoms with van der Waals surface area (Å²) >= 11 is 4.77. The summed E-state index contributed by atoms with van der Waals surface area (Å²) < 4.78 is 0. The van der Waals surface area contributed by atoms with Crippen molar-refractivity contribution in [2.75, 3.05) is 7.05 Å². The molecule has 0 heterocycles. The smallest absolute Gasteiger partial charge is 0.157 e. The maximum atomic E-state index is 11.6. The Hall–Kier alpha value is -0.440. The molecule has 0 aliphatic heterocycles. The summed E-state index contributed by atoms with van der Waals surface area (Å²) in [4.78, 5) is 13.3. The number of carbonyl (C=O) groups excluding carboxylic acids is 1. The molecule has 0 N–H and O–H groups in total. The van der Waals surface area contributed by atoms with Crippen LogP contribution in [0.15, 0.2) is 0 Å². The largest absolute Gasteiger partial charge is 0.360 e. The Morgan fingerprint density at radius 1 is 1.58 bits per heavy atom. The second kappa shape index (κ2) is 4.55. The van der Waals surface area contributed by atoms with E-state index in [-0.39, 0.29) is 5.78 Å². The third-order valence-electron chi connectivity index (χ3n) is 2.20. The van der Waals surface area contributed by atoms with Gasteiger partial charge in [0.25, 0.3) is 0 Å². The third-order valence-corrected chi connectivity index (χ3v) is 2.52. The Bertz CT molecular complexity index is 177. The molecule has 0 aromatic heterocycles. The number of Topliss-reactive ketones (excluding diaryl/α,β-unsaturated/α-hetero) is 1. The van der Waals surface area contributed by atoms with Crippen LogP contribution in [0, 0.1) is 0 Å². The summed E-state index contributed by atoms with van der Waals surface area (Å²) in [6.07, 6.45) is 1.52. The first-order valence-electron chi connectivity index (χ1n) is 4.18. The van der Waals surface area contributed by atoms with Gasteiger partial charge in [-0.1, -0.05) is 19.1 Å². The molecular weight excluding hydrogens is 170 g/mol. The highest BCUT2D eigenvalue weighted by Gasteiger charge is 2.29. The van der Waals surface area contributed by atoms with E-state index in [2.05, 4.69) is 0 Å². The molecule has 0 saturated carbocycles. The van der Waals surface area contributed by atoms with Crippen molar-refractivity contribution in [3.63, 3.8) is 0 Å². The van der Waals surface area contributed by atoms with Crippen molar-refractivity contribution < 1.29 is 4.79 Å². The first-order valence-corrected chi connectivity index (χ1v) is 4.65. The number of nitrogens with zero attached hydrogens (tertiary/aromatic N) is 1. The summed E-state index contributed by atoms with van der Waals surface area (Å²) in [6.45, 7) is 5.80. The quantitative estimate of drug-likeness (QED) is 0.614. The Morgan fingerprint density at radius 2 is 2.08 bits per heavy atom. The fourth-order valence-electron chi connectivity index (χ4n) is 0.861. The fraction of sp³-hybridized carbons (Fsp3) is 0.778. The Kier molecular flexibility index (Phi) is 4.39. The summed E-state index contributed by atoms with van der Waals surface area (Å²) in [5, 5.41) is 0. The van der Waals surface area contributed by atoms with E-state index in [0.717, 1.165) is 6.42 Å². The van der Waals surface area contributed by atoms with Gasteiger partial charge in [-0.05, 0) is 20.3 Å². The van der Waals surface area contributed by atoms with Crippen LogP contribution in [0.5, 0.6) is 0 Å². The lowest BCUT2D eigenvalue weighted by atomic mass is 9.94. The summed E-state index contributed by atoms with van der Waals surface area (Å²) in [7, 11) is 1.83. The fourth-order valence-corrected chi connectivity index (χ4v) is 1.12. The van der Waals surface area contributed by atoms with E-state index >= 15 is 0 Å². The van der Waals surface area contributed by atoms with Crippen LogP contribution in [0.25, 0.3) is 0 Å². The van der Waals surface area contributed by atoms with Crippen LogP contribution in [0.4, 0.5) is 0 Å². The molecule has 0 saturated heterocycles. The van der Waals surface area contributed by atoms with Crippen molar-refractivity contribution in [3.05, 3.63) is 0 Å². The second-order valence-corrected chi connectivity index (χ2v) is 3.66. The molecule has 0 aromatic carbocycles. The molecule has 12 heavy (non-hydrogen) atoms. The van der Waals surface area contributed by atoms with Gasteiger partial charge in [-0.2, -0.15) is 0 Å². The average molecular weight is 187 g/mol. The molecule has 3 heteroatoms. The molecule has 0 aliphatic rings. The monoisotopic (exact) mass is 187 g/mol. The third kappa shape index (κ3) is 2.55. The minimum atomic E-state index is -0.447. The molecule has 0 amide bonds. The van der Waals surface area contributed by atoms with E-state index < -0.39 is 5.54 Å². The van der Waals surface area contributed by atoms with Gasteiger partial charge < -0.3 is 4.90 Å². The van der Waals surface area contributed by atoms with Gasteiger partial charge in [0.1, 0.15) is 0 Å². The number of ketones is 1. The van der Waals surface area contributed by atoms with Crippen molar-refractivity contribution >= 4 is 23.5 Å². The number of hydrogen-bond donors (Lipinski definition) is 0. The van der Waals surface area contributed by atoms with Gasteiger partial charge in [0.05, 0.1) is 11.0 Å². The predicted octanol–water partition coefficient (Wildman–Crippen LogP) is 2.02. The second-order valence-electron chi connectivity index (χ2n) is 3.45. The van der Waals surface area contributed by atoms with Crippen LogP contribution >= 0.6 is 12.2 Å². The van der Waals surface area contributed by atoms with Crippen LogP contribution in [-0.2, 0) is 4.79 Å². The Balaban J connectivity index is 4.37. The van der Waals surface area contributed by atoms with E-state index in [1.807, 2.05) is 27.8 Å². The molecule has 0 spiro atoms. The summed E-state index contributed by atoms with van der Waals surface area (Å²) in [6, 6.07) is 0. The minimum absolute atomic E-state index is 0.244. The summed E-state index contributed by atoms with van der Waals surface area (Å²) in [5.41, 5.74) is 1.07. The molecule has 70 valence electrons. The minimum Gasteiger partial charge on any atom is -0.360 e. The van der Waals surface area contributed by atoms with E-state index in [0.29, 0.717) is 6.42 Å². The van der Waals surface area contributed by atoms with E-state index in [9.17, 15) is 4.79 Å². The first kappa shape index (κ1) is 11.6. The SMILES string of the molecule is CCCC(=O)C(C)(C)N(C)C=S. The highest BCUT2D eigenvalue weighted by Crippen LogP contribution is 2.14. The molecule has 2 nitrogen and oxygen atoms in total. The molecular formula is C9H17NOS. The van der Waals surface area contributed by atoms with Gasteiger partial charge in [0.2, 0.25) is 0 Å². The van der Waals surface area contributed by atoms with Gasteiger partial charge in [0, 0.05) is 13.5 Å². The van der Waals surface area contributed by atoms with Crippen molar-refractivity contribution in [1.29, 1.82) is 0 Å². The van der Waals surface area contributed by atoms with Gasteiger partial charge >= 0.3 is 0 Å². The Labute approximate surface area is 79.9 Å². The lowest BCUT2D eigenvalue weighted by Gasteiger charge is -2.32. The van der Waals surface area contributed by atoms with Gasteiger partial charge in [0.15, 0.2) is 5.78 Å². The van der Waals surface area contributed by atoms with Crippen molar-refractivity contribution in [3.8, 4) is 0 Å². The zero-order valence-electron chi connectivity index (χ0n) is 8.26. The predicted molar refractivity (Wildman–Crippen MR) is 55.4 cm³/mol. The standard InChI is InChI=1S/C9H17NOS/c1-5-6-8(11)9(2,3)10(4)7-12/h7H,5-6H2,1-4H3. The lowest BCUT2D eigenvalue weighted by Crippen LogP contribution is -2.46. The molecule has 0 aromatic rings. The van der Waals surface area contributed by atoms with Gasteiger partial charge in [-0.3, -0.25) is 4.79 Å². The van der Waals surface area contributed by atoms with Crippen molar-refractivity contribution in [2.45, 2.75) is 39.2 Å². The molecule has 0 atom stereocenters. The lowest BCUT2D eigenvalue weighted by molar-refractivity contribution is -0.126. The molecule has 0 fully saturated rings. The highest BCUT2D eigenvalue weighted by atomic mass is 32.1. The van der Waals surface area contributed by atoms with Crippen LogP contribution < -0.4 is 0 Å². The highest BCUT2D eigenvalue weighted by molar-refractivity contribution is 7.78. The normalized spacial score (nSPS) is 11.0. The number of thiocarbonyl (C=S) groups is 1. The maximum absolute atomic E-state index is 11.6.